The van der Waals surface area contributed by atoms with E-state index in [4.69, 9.17) is 0 Å². The molecule has 1 aliphatic rings. The number of nitrogens with zero attached hydrogens (tertiary/aromatic N) is 3. The van der Waals surface area contributed by atoms with Gasteiger partial charge in [0.25, 0.3) is 5.91 Å². The van der Waals surface area contributed by atoms with Crippen molar-refractivity contribution in [3.8, 4) is 5.69 Å². The van der Waals surface area contributed by atoms with Crippen molar-refractivity contribution >= 4 is 33.3 Å². The first kappa shape index (κ1) is 27.6. The average molecular weight is 571 g/mol. The van der Waals surface area contributed by atoms with Gasteiger partial charge in [0.15, 0.2) is 5.69 Å². The smallest absolute Gasteiger partial charge is 0.350 e. The van der Waals surface area contributed by atoms with Crippen LogP contribution in [0, 0.1) is 0 Å². The maximum absolute atomic E-state index is 13.5. The van der Waals surface area contributed by atoms with Crippen LogP contribution >= 0.6 is 11.3 Å². The highest BCUT2D eigenvalue weighted by Crippen LogP contribution is 2.31. The predicted molar refractivity (Wildman–Crippen MR) is 134 cm³/mol. The van der Waals surface area contributed by atoms with Gasteiger partial charge in [-0.15, -0.1) is 11.3 Å². The number of para-hydroxylation sites is 1. The van der Waals surface area contributed by atoms with E-state index in [-0.39, 0.29) is 23.3 Å². The topological polar surface area (TPSA) is 125 Å². The van der Waals surface area contributed by atoms with E-state index in [1.54, 1.807) is 41.8 Å². The van der Waals surface area contributed by atoms with Gasteiger partial charge in [-0.25, -0.2) is 22.6 Å². The minimum atomic E-state index is -4.83. The Labute approximate surface area is 220 Å². The summed E-state index contributed by atoms with van der Waals surface area (Å²) in [6.07, 6.45) is -2.95. The molecule has 4 rings (SSSR count). The third-order valence-corrected chi connectivity index (χ3v) is 8.72. The fourth-order valence-electron chi connectivity index (χ4n) is 3.91. The Bertz CT molecular complexity index is 1350. The number of rotatable bonds is 8. The normalized spacial score (nSPS) is 14.9. The van der Waals surface area contributed by atoms with E-state index in [9.17, 15) is 31.2 Å². The molecule has 1 fully saturated rings. The lowest BCUT2D eigenvalue weighted by Gasteiger charge is -2.32. The standard InChI is InChI=1S/C23H25F3N6O4S2/c24-23(25,26)20-18(15-32(29-20)17-5-2-1-3-6-17)21(33)27-10-11-28-22(34)31-12-8-16(9-13-31)30-38(35,36)19-7-4-14-37-19/h1-7,14-16,30H,8-13H2,(H,27,33)(H,28,34). The number of benzene rings is 1. The van der Waals surface area contributed by atoms with Crippen molar-refractivity contribution in [1.82, 2.24) is 30.0 Å². The van der Waals surface area contributed by atoms with Crippen molar-refractivity contribution in [1.29, 1.82) is 0 Å². The number of thiophene rings is 1. The fraction of sp³-hybridized carbons (Fsp3) is 0.348. The van der Waals surface area contributed by atoms with Crippen LogP contribution in [0.2, 0.25) is 0 Å². The second-order valence-corrected chi connectivity index (χ2v) is 11.4. The molecule has 3 N–H and O–H groups in total. The highest BCUT2D eigenvalue weighted by Gasteiger charge is 2.39. The largest absolute Gasteiger partial charge is 0.435 e. The van der Waals surface area contributed by atoms with Crippen LogP contribution in [0.4, 0.5) is 18.0 Å². The molecule has 1 aliphatic heterocycles. The first-order chi connectivity index (χ1) is 18.0. The molecule has 0 aliphatic carbocycles. The van der Waals surface area contributed by atoms with Crippen molar-refractivity contribution < 1.29 is 31.2 Å². The molecule has 38 heavy (non-hydrogen) atoms. The number of alkyl halides is 3. The number of hydrogen-bond acceptors (Lipinski definition) is 6. The lowest BCUT2D eigenvalue weighted by atomic mass is 10.1. The van der Waals surface area contributed by atoms with Gasteiger partial charge in [0.2, 0.25) is 10.0 Å². The zero-order valence-electron chi connectivity index (χ0n) is 19.9. The number of urea groups is 1. The molecule has 3 heterocycles. The van der Waals surface area contributed by atoms with Crippen molar-refractivity contribution in [3.63, 3.8) is 0 Å². The molecule has 0 spiro atoms. The summed E-state index contributed by atoms with van der Waals surface area (Å²) < 4.78 is 69.0. The first-order valence-corrected chi connectivity index (χ1v) is 14.0. The molecule has 10 nitrogen and oxygen atoms in total. The van der Waals surface area contributed by atoms with Crippen LogP contribution in [0.1, 0.15) is 28.9 Å². The summed E-state index contributed by atoms with van der Waals surface area (Å²) in [6.45, 7) is 0.534. The Morgan fingerprint density at radius 3 is 2.34 bits per heavy atom. The van der Waals surface area contributed by atoms with Crippen LogP contribution in [0.25, 0.3) is 5.69 Å². The van der Waals surface area contributed by atoms with Gasteiger partial charge in [-0.1, -0.05) is 24.3 Å². The molecule has 15 heteroatoms. The molecule has 0 atom stereocenters. The van der Waals surface area contributed by atoms with E-state index in [1.807, 2.05) is 0 Å². The Kier molecular flexibility index (Phi) is 8.38. The minimum Gasteiger partial charge on any atom is -0.350 e. The van der Waals surface area contributed by atoms with Crippen LogP contribution in [-0.4, -0.2) is 67.3 Å². The van der Waals surface area contributed by atoms with Crippen LogP contribution in [0.15, 0.2) is 58.3 Å². The maximum Gasteiger partial charge on any atom is 0.435 e. The number of hydrogen-bond donors (Lipinski definition) is 3. The third-order valence-electron chi connectivity index (χ3n) is 5.80. The molecule has 3 aromatic rings. The van der Waals surface area contributed by atoms with Gasteiger partial charge in [0, 0.05) is 38.4 Å². The van der Waals surface area contributed by atoms with E-state index in [0.29, 0.717) is 31.6 Å². The molecule has 1 aromatic carbocycles. The molecule has 0 radical (unpaired) electrons. The number of amides is 3. The number of likely N-dealkylation sites (tertiary alicyclic amines) is 1. The van der Waals surface area contributed by atoms with Gasteiger partial charge in [-0.3, -0.25) is 4.79 Å². The Morgan fingerprint density at radius 2 is 1.71 bits per heavy atom. The highest BCUT2D eigenvalue weighted by molar-refractivity contribution is 7.91. The third kappa shape index (κ3) is 6.71. The monoisotopic (exact) mass is 570 g/mol. The summed E-state index contributed by atoms with van der Waals surface area (Å²) in [7, 11) is -3.60. The average Bonchev–Trinajstić information content (AvgIpc) is 3.58. The number of halogens is 3. The second kappa shape index (κ2) is 11.5. The lowest BCUT2D eigenvalue weighted by Crippen LogP contribution is -2.50. The molecule has 2 aromatic heterocycles. The number of piperidine rings is 1. The van der Waals surface area contributed by atoms with Gasteiger partial charge in [0.1, 0.15) is 4.21 Å². The summed E-state index contributed by atoms with van der Waals surface area (Å²) in [6, 6.07) is 10.6. The SMILES string of the molecule is O=C(NCCNC(=O)N1CCC(NS(=O)(=O)c2cccs2)CC1)c1cn(-c2ccccc2)nc1C(F)(F)F. The van der Waals surface area contributed by atoms with E-state index in [2.05, 4.69) is 20.5 Å². The quantitative estimate of drug-likeness (QED) is 0.359. The zero-order chi connectivity index (χ0) is 27.3. The van der Waals surface area contributed by atoms with Crippen molar-refractivity contribution in [3.05, 3.63) is 65.3 Å². The van der Waals surface area contributed by atoms with Gasteiger partial charge in [-0.2, -0.15) is 18.3 Å². The first-order valence-electron chi connectivity index (χ1n) is 11.6. The van der Waals surface area contributed by atoms with Gasteiger partial charge in [0.05, 0.1) is 11.3 Å². The summed E-state index contributed by atoms with van der Waals surface area (Å²) in [4.78, 5) is 26.5. The predicted octanol–water partition coefficient (Wildman–Crippen LogP) is 2.83. The number of carbonyl (C=O) groups excluding carboxylic acids is 2. The second-order valence-electron chi connectivity index (χ2n) is 8.47. The molecule has 0 bridgehead atoms. The molecule has 1 saturated heterocycles. The van der Waals surface area contributed by atoms with Gasteiger partial charge < -0.3 is 15.5 Å². The van der Waals surface area contributed by atoms with E-state index < -0.39 is 39.4 Å². The van der Waals surface area contributed by atoms with E-state index in [0.717, 1.165) is 22.2 Å². The molecule has 0 saturated carbocycles. The number of sulfonamides is 1. The van der Waals surface area contributed by atoms with Gasteiger partial charge in [-0.05, 0) is 36.4 Å². The van der Waals surface area contributed by atoms with Crippen LogP contribution in [0.5, 0.6) is 0 Å². The maximum atomic E-state index is 13.5. The van der Waals surface area contributed by atoms with Gasteiger partial charge >= 0.3 is 12.2 Å². The van der Waals surface area contributed by atoms with Crippen molar-refractivity contribution in [2.24, 2.45) is 0 Å². The van der Waals surface area contributed by atoms with Crippen molar-refractivity contribution in [2.75, 3.05) is 26.2 Å². The van der Waals surface area contributed by atoms with Crippen molar-refractivity contribution in [2.45, 2.75) is 29.3 Å². The summed E-state index contributed by atoms with van der Waals surface area (Å²) in [5.41, 5.74) is -1.56. The zero-order valence-corrected chi connectivity index (χ0v) is 21.6. The number of nitrogens with one attached hydrogen (secondary N) is 3. The lowest BCUT2D eigenvalue weighted by molar-refractivity contribution is -0.141. The fourth-order valence-corrected chi connectivity index (χ4v) is 6.22. The molecular weight excluding hydrogens is 545 g/mol. The van der Waals surface area contributed by atoms with Crippen LogP contribution < -0.4 is 15.4 Å². The molecular formula is C23H25F3N6O4S2. The molecule has 204 valence electrons. The molecule has 3 amide bonds. The Morgan fingerprint density at radius 1 is 1.03 bits per heavy atom. The van der Waals surface area contributed by atoms with Crippen LogP contribution in [0.3, 0.4) is 0 Å². The number of aromatic nitrogens is 2. The van der Waals surface area contributed by atoms with E-state index >= 15 is 0 Å². The summed E-state index contributed by atoms with van der Waals surface area (Å²) in [5.74, 6) is -0.965. The highest BCUT2D eigenvalue weighted by atomic mass is 32.2. The van der Waals surface area contributed by atoms with Crippen LogP contribution in [-0.2, 0) is 16.2 Å². The Balaban J connectivity index is 1.24. The summed E-state index contributed by atoms with van der Waals surface area (Å²) >= 11 is 1.12. The van der Waals surface area contributed by atoms with E-state index in [1.165, 1.54) is 11.0 Å². The molecule has 0 unspecified atom stereocenters. The minimum absolute atomic E-state index is 0.0102. The summed E-state index contributed by atoms with van der Waals surface area (Å²) in [5, 5.41) is 10.2. The Hall–Kier alpha value is -3.43. The number of carbonyl (C=O) groups is 2.